The zero-order valence-electron chi connectivity index (χ0n) is 14.6. The number of benzene rings is 2. The van der Waals surface area contributed by atoms with Crippen molar-refractivity contribution in [2.24, 2.45) is 5.73 Å². The van der Waals surface area contributed by atoms with E-state index in [1.807, 2.05) is 29.7 Å². The Hall–Kier alpha value is -2.34. The Balaban J connectivity index is 0.00000261. The summed E-state index contributed by atoms with van der Waals surface area (Å²) in [6.45, 7) is 2.04. The molecule has 142 valence electrons. The van der Waals surface area contributed by atoms with E-state index in [0.717, 1.165) is 27.7 Å². The normalized spacial score (nSPS) is 11.5. The van der Waals surface area contributed by atoms with Crippen LogP contribution in [0.3, 0.4) is 0 Å². The smallest absolute Gasteiger partial charge is 0.335 e. The fourth-order valence-electron chi connectivity index (χ4n) is 3.17. The van der Waals surface area contributed by atoms with Gasteiger partial charge in [-0.05, 0) is 48.9 Å². The molecule has 0 bridgehead atoms. The third-order valence-corrected chi connectivity index (χ3v) is 4.57. The predicted molar refractivity (Wildman–Crippen MR) is 110 cm³/mol. The summed E-state index contributed by atoms with van der Waals surface area (Å²) in [7, 11) is 0. The Morgan fingerprint density at radius 1 is 1.30 bits per heavy atom. The number of carboxylic acids is 1. The van der Waals surface area contributed by atoms with Crippen LogP contribution in [0.1, 0.15) is 16.1 Å². The molecular formula is C20H19Cl2FN2O2. The standard InChI is InChI=1S/C20H18ClFN2O2.ClH/c1-12-19(13-3-2-4-15(21)9-13)17-10-14(20(25)26)5-6-18(17)24(12)11-16(22)7-8-23;/h2-7,9-10H,8,11,23H2,1H3,(H,25,26);1H/b16-7-;. The monoisotopic (exact) mass is 408 g/mol. The molecule has 0 spiro atoms. The second kappa shape index (κ2) is 8.57. The van der Waals surface area contributed by atoms with Gasteiger partial charge < -0.3 is 15.4 Å². The molecule has 4 nitrogen and oxygen atoms in total. The van der Waals surface area contributed by atoms with Crippen molar-refractivity contribution in [3.05, 3.63) is 70.6 Å². The fourth-order valence-corrected chi connectivity index (χ4v) is 3.36. The molecule has 0 aliphatic heterocycles. The lowest BCUT2D eigenvalue weighted by atomic mass is 10.0. The van der Waals surface area contributed by atoms with E-state index in [2.05, 4.69) is 0 Å². The molecule has 1 heterocycles. The average molecular weight is 409 g/mol. The number of nitrogens with two attached hydrogens (primary N) is 1. The summed E-state index contributed by atoms with van der Waals surface area (Å²) < 4.78 is 15.9. The fraction of sp³-hybridized carbons (Fsp3) is 0.150. The molecule has 3 rings (SSSR count). The molecule has 3 aromatic rings. The van der Waals surface area contributed by atoms with E-state index in [0.29, 0.717) is 5.02 Å². The Kier molecular flexibility index (Phi) is 6.65. The van der Waals surface area contributed by atoms with Crippen molar-refractivity contribution in [1.82, 2.24) is 4.57 Å². The Labute approximate surface area is 167 Å². The number of aromatic nitrogens is 1. The number of carbonyl (C=O) groups is 1. The summed E-state index contributed by atoms with van der Waals surface area (Å²) in [5.41, 5.74) is 8.84. The second-order valence-electron chi connectivity index (χ2n) is 5.98. The van der Waals surface area contributed by atoms with Gasteiger partial charge >= 0.3 is 5.97 Å². The largest absolute Gasteiger partial charge is 0.478 e. The van der Waals surface area contributed by atoms with Crippen LogP contribution in [0.5, 0.6) is 0 Å². The van der Waals surface area contributed by atoms with Crippen LogP contribution in [0.2, 0.25) is 5.02 Å². The van der Waals surface area contributed by atoms with Gasteiger partial charge in [-0.1, -0.05) is 23.7 Å². The summed E-state index contributed by atoms with van der Waals surface area (Å²) in [4.78, 5) is 11.4. The highest BCUT2D eigenvalue weighted by molar-refractivity contribution is 6.31. The number of hydrogen-bond donors (Lipinski definition) is 2. The summed E-state index contributed by atoms with van der Waals surface area (Å²) in [6, 6.07) is 12.2. The molecule has 0 fully saturated rings. The first-order chi connectivity index (χ1) is 12.4. The molecule has 0 aliphatic carbocycles. The lowest BCUT2D eigenvalue weighted by Gasteiger charge is -2.08. The lowest BCUT2D eigenvalue weighted by Crippen LogP contribution is -2.03. The van der Waals surface area contributed by atoms with E-state index in [9.17, 15) is 14.3 Å². The van der Waals surface area contributed by atoms with E-state index in [-0.39, 0.29) is 36.9 Å². The minimum atomic E-state index is -1.01. The number of aromatic carboxylic acids is 1. The molecule has 7 heteroatoms. The van der Waals surface area contributed by atoms with Gasteiger partial charge in [0, 0.05) is 33.7 Å². The van der Waals surface area contributed by atoms with Crippen LogP contribution in [0, 0.1) is 6.92 Å². The van der Waals surface area contributed by atoms with Crippen LogP contribution in [0.25, 0.3) is 22.0 Å². The minimum absolute atomic E-state index is 0. The van der Waals surface area contributed by atoms with E-state index in [1.165, 1.54) is 12.1 Å². The van der Waals surface area contributed by atoms with Crippen molar-refractivity contribution in [2.75, 3.05) is 6.54 Å². The Morgan fingerprint density at radius 3 is 2.67 bits per heavy atom. The van der Waals surface area contributed by atoms with E-state index in [1.54, 1.807) is 18.2 Å². The number of rotatable bonds is 5. The van der Waals surface area contributed by atoms with Crippen molar-refractivity contribution in [3.8, 4) is 11.1 Å². The van der Waals surface area contributed by atoms with Gasteiger partial charge in [-0.2, -0.15) is 0 Å². The number of fused-ring (bicyclic) bond motifs is 1. The van der Waals surface area contributed by atoms with Crippen LogP contribution in [-0.4, -0.2) is 22.2 Å². The first kappa shape index (κ1) is 21.0. The third-order valence-electron chi connectivity index (χ3n) is 4.33. The first-order valence-corrected chi connectivity index (χ1v) is 8.47. The molecule has 0 atom stereocenters. The quantitative estimate of drug-likeness (QED) is 0.609. The highest BCUT2D eigenvalue weighted by Crippen LogP contribution is 2.36. The van der Waals surface area contributed by atoms with Crippen molar-refractivity contribution < 1.29 is 14.3 Å². The second-order valence-corrected chi connectivity index (χ2v) is 6.42. The van der Waals surface area contributed by atoms with Crippen LogP contribution in [0.4, 0.5) is 4.39 Å². The molecule has 0 amide bonds. The highest BCUT2D eigenvalue weighted by Gasteiger charge is 2.18. The van der Waals surface area contributed by atoms with Gasteiger partial charge in [0.1, 0.15) is 5.83 Å². The zero-order valence-corrected chi connectivity index (χ0v) is 16.1. The number of carboxylic acid groups (broad SMARTS) is 1. The molecular weight excluding hydrogens is 390 g/mol. The van der Waals surface area contributed by atoms with Gasteiger partial charge in [-0.3, -0.25) is 0 Å². The molecule has 0 saturated heterocycles. The summed E-state index contributed by atoms with van der Waals surface area (Å²) in [6.07, 6.45) is 1.33. The lowest BCUT2D eigenvalue weighted by molar-refractivity contribution is 0.0697. The van der Waals surface area contributed by atoms with Crippen LogP contribution >= 0.6 is 24.0 Å². The first-order valence-electron chi connectivity index (χ1n) is 8.09. The van der Waals surface area contributed by atoms with Gasteiger partial charge in [-0.25, -0.2) is 9.18 Å². The minimum Gasteiger partial charge on any atom is -0.478 e. The molecule has 3 N–H and O–H groups in total. The molecule has 27 heavy (non-hydrogen) atoms. The van der Waals surface area contributed by atoms with Crippen molar-refractivity contribution >= 4 is 40.9 Å². The van der Waals surface area contributed by atoms with Crippen LogP contribution in [0.15, 0.2) is 54.4 Å². The number of nitrogens with zero attached hydrogens (tertiary/aromatic N) is 1. The summed E-state index contributed by atoms with van der Waals surface area (Å²) in [5.74, 6) is -1.35. The average Bonchev–Trinajstić information content (AvgIpc) is 2.86. The molecule has 1 aromatic heterocycles. The van der Waals surface area contributed by atoms with Gasteiger partial charge in [0.05, 0.1) is 12.1 Å². The molecule has 0 radical (unpaired) electrons. The van der Waals surface area contributed by atoms with Crippen molar-refractivity contribution in [3.63, 3.8) is 0 Å². The summed E-state index contributed by atoms with van der Waals surface area (Å²) >= 11 is 6.13. The maximum atomic E-state index is 14.1. The van der Waals surface area contributed by atoms with E-state index >= 15 is 0 Å². The topological polar surface area (TPSA) is 68.2 Å². The van der Waals surface area contributed by atoms with Crippen LogP contribution in [-0.2, 0) is 6.54 Å². The van der Waals surface area contributed by atoms with Gasteiger partial charge in [0.15, 0.2) is 0 Å². The third kappa shape index (κ3) is 4.16. The molecule has 0 unspecified atom stereocenters. The predicted octanol–water partition coefficient (Wildman–Crippen LogP) is 5.20. The number of hydrogen-bond acceptors (Lipinski definition) is 2. The highest BCUT2D eigenvalue weighted by atomic mass is 35.5. The summed E-state index contributed by atoms with van der Waals surface area (Å²) in [5, 5.41) is 10.6. The SMILES string of the molecule is Cc1c(-c2cccc(Cl)c2)c2cc(C(=O)O)ccc2n1C/C(F)=C/CN.Cl. The van der Waals surface area contributed by atoms with Crippen LogP contribution < -0.4 is 5.73 Å². The molecule has 2 aromatic carbocycles. The molecule has 0 aliphatic rings. The van der Waals surface area contributed by atoms with Gasteiger partial charge in [0.2, 0.25) is 0 Å². The van der Waals surface area contributed by atoms with Crippen molar-refractivity contribution in [1.29, 1.82) is 0 Å². The zero-order chi connectivity index (χ0) is 18.8. The van der Waals surface area contributed by atoms with E-state index < -0.39 is 5.97 Å². The maximum Gasteiger partial charge on any atom is 0.335 e. The molecule has 0 saturated carbocycles. The van der Waals surface area contributed by atoms with Crippen molar-refractivity contribution in [2.45, 2.75) is 13.5 Å². The number of halogens is 3. The Morgan fingerprint density at radius 2 is 2.04 bits per heavy atom. The van der Waals surface area contributed by atoms with Gasteiger partial charge in [-0.15, -0.1) is 12.4 Å². The number of allylic oxidation sites excluding steroid dienone is 1. The van der Waals surface area contributed by atoms with Gasteiger partial charge in [0.25, 0.3) is 0 Å². The van der Waals surface area contributed by atoms with E-state index in [4.69, 9.17) is 17.3 Å². The maximum absolute atomic E-state index is 14.1. The Bertz CT molecular complexity index is 1030.